The minimum atomic E-state index is 0.0370. The molecule has 7 heteroatoms. The summed E-state index contributed by atoms with van der Waals surface area (Å²) in [5.41, 5.74) is 3.38. The van der Waals surface area contributed by atoms with Crippen LogP contribution in [-0.4, -0.2) is 63.2 Å². The van der Waals surface area contributed by atoms with Crippen molar-refractivity contribution in [1.82, 2.24) is 9.97 Å². The number of likely N-dealkylation sites (N-methyl/N-ethyl adjacent to an activating group) is 1. The number of fused-ring (bicyclic) bond motifs is 1. The quantitative estimate of drug-likeness (QED) is 0.832. The predicted octanol–water partition coefficient (Wildman–Crippen LogP) is 1.05. The zero-order valence-corrected chi connectivity index (χ0v) is 17.6. The molecule has 0 saturated carbocycles. The van der Waals surface area contributed by atoms with Crippen LogP contribution in [0.15, 0.2) is 18.2 Å². The molecule has 2 aliphatic rings. The Bertz CT molecular complexity index is 923. The highest BCUT2D eigenvalue weighted by Gasteiger charge is 2.32. The molecule has 0 spiro atoms. The molecule has 0 bridgehead atoms. The van der Waals surface area contributed by atoms with E-state index in [2.05, 4.69) is 16.9 Å². The first-order valence-electron chi connectivity index (χ1n) is 10.2. The SMILES string of the molecule is COc1ccc([C@H]2CC(=O)c3c(C)nc(N4CC[NH+](C)CC4)nc3C2)c(OC)c1. The summed E-state index contributed by atoms with van der Waals surface area (Å²) in [6, 6.07) is 5.79. The molecule has 7 nitrogen and oxygen atoms in total. The number of aryl methyl sites for hydroxylation is 1. The molecule has 1 aromatic carbocycles. The molecule has 1 N–H and O–H groups in total. The maximum Gasteiger partial charge on any atom is 0.226 e. The maximum atomic E-state index is 13.0. The fourth-order valence-corrected chi connectivity index (χ4v) is 4.36. The van der Waals surface area contributed by atoms with Gasteiger partial charge in [-0.3, -0.25) is 4.79 Å². The summed E-state index contributed by atoms with van der Waals surface area (Å²) < 4.78 is 10.9. The number of nitrogens with one attached hydrogen (secondary N) is 1. The van der Waals surface area contributed by atoms with Crippen LogP contribution in [-0.2, 0) is 6.42 Å². The number of anilines is 1. The largest absolute Gasteiger partial charge is 0.497 e. The lowest BCUT2D eigenvalue weighted by Gasteiger charge is -2.31. The topological polar surface area (TPSA) is 69.0 Å². The van der Waals surface area contributed by atoms with Crippen LogP contribution in [0.5, 0.6) is 11.5 Å². The number of Topliss-reactive ketones (excluding diaryl/α,β-unsaturated/α-hetero) is 1. The second-order valence-electron chi connectivity index (χ2n) is 8.01. The number of hydrogen-bond acceptors (Lipinski definition) is 6. The second kappa shape index (κ2) is 7.99. The third-order valence-corrected chi connectivity index (χ3v) is 6.08. The van der Waals surface area contributed by atoms with Crippen molar-refractivity contribution >= 4 is 11.7 Å². The third kappa shape index (κ3) is 3.79. The van der Waals surface area contributed by atoms with Crippen molar-refractivity contribution in [3.05, 3.63) is 40.7 Å². The first kappa shape index (κ1) is 19.6. The molecule has 1 fully saturated rings. The molecule has 1 atom stereocenters. The lowest BCUT2D eigenvalue weighted by molar-refractivity contribution is -0.880. The van der Waals surface area contributed by atoms with Gasteiger partial charge in [0.15, 0.2) is 5.78 Å². The van der Waals surface area contributed by atoms with Crippen LogP contribution in [0.1, 0.15) is 39.6 Å². The van der Waals surface area contributed by atoms with E-state index in [1.165, 1.54) is 4.90 Å². The summed E-state index contributed by atoms with van der Waals surface area (Å²) >= 11 is 0. The number of quaternary nitrogens is 1. The van der Waals surface area contributed by atoms with E-state index < -0.39 is 0 Å². The van der Waals surface area contributed by atoms with Gasteiger partial charge in [0.1, 0.15) is 11.5 Å². The van der Waals surface area contributed by atoms with Crippen molar-refractivity contribution in [1.29, 1.82) is 0 Å². The number of nitrogens with zero attached hydrogens (tertiary/aromatic N) is 3. The van der Waals surface area contributed by atoms with Crippen LogP contribution in [0, 0.1) is 6.92 Å². The third-order valence-electron chi connectivity index (χ3n) is 6.08. The Morgan fingerprint density at radius 3 is 2.55 bits per heavy atom. The van der Waals surface area contributed by atoms with Crippen molar-refractivity contribution in [2.24, 2.45) is 0 Å². The van der Waals surface area contributed by atoms with Gasteiger partial charge in [-0.25, -0.2) is 9.97 Å². The monoisotopic (exact) mass is 397 g/mol. The number of carbonyl (C=O) groups is 1. The Hall–Kier alpha value is -2.67. The molecule has 1 saturated heterocycles. The van der Waals surface area contributed by atoms with Crippen LogP contribution >= 0.6 is 0 Å². The van der Waals surface area contributed by atoms with Crippen LogP contribution < -0.4 is 19.3 Å². The summed E-state index contributed by atoms with van der Waals surface area (Å²) in [6.45, 7) is 5.95. The molecule has 2 aromatic rings. The van der Waals surface area contributed by atoms with E-state index in [4.69, 9.17) is 14.5 Å². The molecule has 1 aromatic heterocycles. The van der Waals surface area contributed by atoms with Crippen molar-refractivity contribution in [3.8, 4) is 11.5 Å². The fourth-order valence-electron chi connectivity index (χ4n) is 4.36. The summed E-state index contributed by atoms with van der Waals surface area (Å²) in [6.07, 6.45) is 1.15. The zero-order valence-electron chi connectivity index (χ0n) is 17.6. The molecular formula is C22H29N4O3+. The van der Waals surface area contributed by atoms with Crippen LogP contribution in [0.25, 0.3) is 0 Å². The molecule has 154 valence electrons. The second-order valence-corrected chi connectivity index (χ2v) is 8.01. The minimum absolute atomic E-state index is 0.0370. The van der Waals surface area contributed by atoms with Gasteiger partial charge in [-0.15, -0.1) is 0 Å². The van der Waals surface area contributed by atoms with Crippen molar-refractivity contribution in [3.63, 3.8) is 0 Å². The highest BCUT2D eigenvalue weighted by Crippen LogP contribution is 2.39. The first-order valence-corrected chi connectivity index (χ1v) is 10.2. The van der Waals surface area contributed by atoms with E-state index in [9.17, 15) is 4.79 Å². The lowest BCUT2D eigenvalue weighted by atomic mass is 9.81. The number of piperazine rings is 1. The van der Waals surface area contributed by atoms with Crippen molar-refractivity contribution < 1.29 is 19.2 Å². The summed E-state index contributed by atoms with van der Waals surface area (Å²) in [5, 5.41) is 0. The Labute approximate surface area is 171 Å². The van der Waals surface area contributed by atoms with Crippen LogP contribution in [0.3, 0.4) is 0 Å². The number of benzene rings is 1. The van der Waals surface area contributed by atoms with Gasteiger partial charge in [0, 0.05) is 18.4 Å². The first-order chi connectivity index (χ1) is 14.0. The Morgan fingerprint density at radius 1 is 1.10 bits per heavy atom. The zero-order chi connectivity index (χ0) is 20.5. The number of carbonyl (C=O) groups excluding carboxylic acids is 1. The van der Waals surface area contributed by atoms with Crippen LogP contribution in [0.2, 0.25) is 0 Å². The fraction of sp³-hybridized carbons (Fsp3) is 0.500. The van der Waals surface area contributed by atoms with Gasteiger partial charge in [0.05, 0.1) is 64.4 Å². The van der Waals surface area contributed by atoms with Crippen LogP contribution in [0.4, 0.5) is 5.95 Å². The number of ketones is 1. The molecule has 1 aliphatic carbocycles. The van der Waals surface area contributed by atoms with E-state index in [1.807, 2.05) is 25.1 Å². The van der Waals surface area contributed by atoms with Gasteiger partial charge < -0.3 is 19.3 Å². The highest BCUT2D eigenvalue weighted by molar-refractivity contribution is 5.99. The standard InChI is InChI=1S/C22H28N4O3/c1-14-21-18(24-22(23-14)26-9-7-25(2)8-10-26)11-15(12-19(21)27)17-6-5-16(28-3)13-20(17)29-4/h5-6,13,15H,7-12H2,1-4H3/p+1/t15-/m1/s1. The summed E-state index contributed by atoms with van der Waals surface area (Å²) in [7, 11) is 5.49. The van der Waals surface area contributed by atoms with Gasteiger partial charge in [-0.05, 0) is 25.0 Å². The molecule has 2 heterocycles. The van der Waals surface area contributed by atoms with Crippen molar-refractivity contribution in [2.45, 2.75) is 25.7 Å². The molecule has 4 rings (SSSR count). The average molecular weight is 397 g/mol. The molecule has 1 aliphatic heterocycles. The smallest absolute Gasteiger partial charge is 0.226 e. The van der Waals surface area contributed by atoms with Gasteiger partial charge in [0.25, 0.3) is 0 Å². The number of rotatable bonds is 4. The number of ether oxygens (including phenoxy) is 2. The van der Waals surface area contributed by atoms with E-state index in [0.29, 0.717) is 18.4 Å². The Morgan fingerprint density at radius 2 is 1.86 bits per heavy atom. The van der Waals surface area contributed by atoms with Gasteiger partial charge in [0.2, 0.25) is 5.95 Å². The van der Waals surface area contributed by atoms with E-state index in [1.54, 1.807) is 14.2 Å². The average Bonchev–Trinajstić information content (AvgIpc) is 2.73. The highest BCUT2D eigenvalue weighted by atomic mass is 16.5. The van der Waals surface area contributed by atoms with Gasteiger partial charge in [-0.2, -0.15) is 0 Å². The number of aromatic nitrogens is 2. The Balaban J connectivity index is 1.67. The van der Waals surface area contributed by atoms with E-state index in [0.717, 1.165) is 60.6 Å². The molecule has 0 amide bonds. The van der Waals surface area contributed by atoms with Gasteiger partial charge >= 0.3 is 0 Å². The summed E-state index contributed by atoms with van der Waals surface area (Å²) in [4.78, 5) is 26.3. The van der Waals surface area contributed by atoms with Crippen molar-refractivity contribution in [2.75, 3.05) is 52.3 Å². The van der Waals surface area contributed by atoms with E-state index in [-0.39, 0.29) is 11.7 Å². The minimum Gasteiger partial charge on any atom is -0.497 e. The lowest BCUT2D eigenvalue weighted by Crippen LogP contribution is -3.12. The molecule has 0 radical (unpaired) electrons. The predicted molar refractivity (Wildman–Crippen MR) is 111 cm³/mol. The molecular weight excluding hydrogens is 368 g/mol. The number of hydrogen-bond donors (Lipinski definition) is 1. The normalized spacial score (nSPS) is 19.8. The Kier molecular flexibility index (Phi) is 5.41. The van der Waals surface area contributed by atoms with E-state index >= 15 is 0 Å². The maximum absolute atomic E-state index is 13.0. The summed E-state index contributed by atoms with van der Waals surface area (Å²) in [5.74, 6) is 2.39. The number of methoxy groups -OCH3 is 2. The molecule has 29 heavy (non-hydrogen) atoms. The van der Waals surface area contributed by atoms with Gasteiger partial charge in [-0.1, -0.05) is 6.07 Å². The molecule has 0 unspecified atom stereocenters.